The molecule has 2 heterocycles. The number of amides is 1. The monoisotopic (exact) mass is 281 g/mol. The summed E-state index contributed by atoms with van der Waals surface area (Å²) in [4.78, 5) is 19.1. The van der Waals surface area contributed by atoms with Crippen LogP contribution in [-0.2, 0) is 10.3 Å². The minimum atomic E-state index is -1.04. The maximum Gasteiger partial charge on any atom is 0.264 e. The van der Waals surface area contributed by atoms with Crippen LogP contribution < -0.4 is 11.1 Å². The summed E-state index contributed by atoms with van der Waals surface area (Å²) in [5.74, 6) is -0.0123. The van der Waals surface area contributed by atoms with Crippen molar-refractivity contribution in [3.05, 3.63) is 59.7 Å². The topological polar surface area (TPSA) is 67.5 Å². The summed E-state index contributed by atoms with van der Waals surface area (Å²) in [7, 11) is 0. The Morgan fingerprint density at radius 2 is 1.55 bits per heavy atom. The molecular formula is C15H11N3OS. The first-order valence-electron chi connectivity index (χ1n) is 6.25. The molecular weight excluding hydrogens is 270 g/mol. The highest BCUT2D eigenvalue weighted by Gasteiger charge is 2.50. The highest BCUT2D eigenvalue weighted by Crippen LogP contribution is 2.50. The van der Waals surface area contributed by atoms with Gasteiger partial charge in [0.05, 0.1) is 0 Å². The minimum Gasteiger partial charge on any atom is -0.370 e. The first-order valence-corrected chi connectivity index (χ1v) is 7.07. The quantitative estimate of drug-likeness (QED) is 0.774. The van der Waals surface area contributed by atoms with Crippen molar-refractivity contribution in [1.29, 1.82) is 0 Å². The fourth-order valence-electron chi connectivity index (χ4n) is 2.80. The Kier molecular flexibility index (Phi) is 2.23. The van der Waals surface area contributed by atoms with E-state index in [2.05, 4.69) is 10.3 Å². The molecule has 4 nitrogen and oxygen atoms in total. The summed E-state index contributed by atoms with van der Waals surface area (Å²) < 4.78 is 0. The molecule has 98 valence electrons. The standard InChI is InChI=1S/C15H11N3OS/c16-14-17-13(19)15(18-14)9-5-1-3-7-11(9)20-12-8-4-2-6-10(12)15/h1-8H,(H3,16,17,18,19). The molecule has 0 bridgehead atoms. The molecule has 0 radical (unpaired) electrons. The number of aliphatic imine (C=N–C) groups is 1. The highest BCUT2D eigenvalue weighted by atomic mass is 32.2. The Morgan fingerprint density at radius 3 is 2.05 bits per heavy atom. The highest BCUT2D eigenvalue weighted by molar-refractivity contribution is 7.99. The van der Waals surface area contributed by atoms with Crippen molar-refractivity contribution < 1.29 is 4.79 Å². The number of guanidine groups is 1. The van der Waals surface area contributed by atoms with Crippen LogP contribution in [-0.4, -0.2) is 11.9 Å². The van der Waals surface area contributed by atoms with Gasteiger partial charge in [-0.1, -0.05) is 48.2 Å². The summed E-state index contributed by atoms with van der Waals surface area (Å²) in [5.41, 5.74) is 6.50. The van der Waals surface area contributed by atoms with Crippen LogP contribution in [0.1, 0.15) is 11.1 Å². The van der Waals surface area contributed by atoms with E-state index in [1.54, 1.807) is 11.8 Å². The zero-order chi connectivity index (χ0) is 13.7. The van der Waals surface area contributed by atoms with E-state index in [4.69, 9.17) is 5.73 Å². The first kappa shape index (κ1) is 11.5. The number of hydrogen-bond donors (Lipinski definition) is 2. The molecule has 2 aromatic carbocycles. The van der Waals surface area contributed by atoms with E-state index in [-0.39, 0.29) is 11.9 Å². The summed E-state index contributed by atoms with van der Waals surface area (Å²) in [5, 5.41) is 2.64. The Hall–Kier alpha value is -2.27. The Balaban J connectivity index is 2.10. The average molecular weight is 281 g/mol. The Bertz CT molecular complexity index is 724. The van der Waals surface area contributed by atoms with Crippen LogP contribution in [0, 0.1) is 0 Å². The lowest BCUT2D eigenvalue weighted by Gasteiger charge is -2.32. The van der Waals surface area contributed by atoms with Gasteiger partial charge >= 0.3 is 0 Å². The van der Waals surface area contributed by atoms with E-state index in [9.17, 15) is 4.79 Å². The van der Waals surface area contributed by atoms with Crippen molar-refractivity contribution in [2.24, 2.45) is 10.7 Å². The lowest BCUT2D eigenvalue weighted by atomic mass is 9.82. The molecule has 0 unspecified atom stereocenters. The van der Waals surface area contributed by atoms with Gasteiger partial charge in [-0.05, 0) is 12.1 Å². The third-order valence-electron chi connectivity index (χ3n) is 3.63. The molecule has 0 atom stereocenters. The number of carbonyl (C=O) groups is 1. The van der Waals surface area contributed by atoms with Crippen molar-refractivity contribution in [3.8, 4) is 0 Å². The minimum absolute atomic E-state index is 0.173. The van der Waals surface area contributed by atoms with Gasteiger partial charge in [-0.15, -0.1) is 0 Å². The number of nitrogens with zero attached hydrogens (tertiary/aromatic N) is 1. The molecule has 0 saturated carbocycles. The van der Waals surface area contributed by atoms with Crippen molar-refractivity contribution in [2.45, 2.75) is 15.3 Å². The number of fused-ring (bicyclic) bond motifs is 4. The molecule has 0 aromatic heterocycles. The van der Waals surface area contributed by atoms with Crippen molar-refractivity contribution in [2.75, 3.05) is 0 Å². The summed E-state index contributed by atoms with van der Waals surface area (Å²) in [6.07, 6.45) is 0. The fourth-order valence-corrected chi connectivity index (χ4v) is 3.99. The summed E-state index contributed by atoms with van der Waals surface area (Å²) in [6, 6.07) is 15.7. The van der Waals surface area contributed by atoms with Crippen molar-refractivity contribution in [1.82, 2.24) is 5.32 Å². The zero-order valence-corrected chi connectivity index (χ0v) is 11.3. The predicted molar refractivity (Wildman–Crippen MR) is 77.6 cm³/mol. The number of hydrogen-bond acceptors (Lipinski definition) is 4. The maximum atomic E-state index is 12.6. The molecule has 1 spiro atoms. The van der Waals surface area contributed by atoms with Crippen LogP contribution >= 0.6 is 11.8 Å². The normalized spacial score (nSPS) is 18.2. The predicted octanol–water partition coefficient (Wildman–Crippen LogP) is 1.84. The van der Waals surface area contributed by atoms with E-state index >= 15 is 0 Å². The SMILES string of the molecule is NC1=NC2(C(=O)N1)c1ccccc1Sc1ccccc12. The molecule has 4 rings (SSSR count). The van der Waals surface area contributed by atoms with Crippen LogP contribution in [0.2, 0.25) is 0 Å². The molecule has 0 aliphatic carbocycles. The van der Waals surface area contributed by atoms with Gasteiger partial charge in [0.1, 0.15) is 0 Å². The summed E-state index contributed by atoms with van der Waals surface area (Å²) in [6.45, 7) is 0. The molecule has 5 heteroatoms. The second-order valence-electron chi connectivity index (χ2n) is 4.76. The van der Waals surface area contributed by atoms with Gasteiger partial charge in [0.15, 0.2) is 11.5 Å². The fraction of sp³-hybridized carbons (Fsp3) is 0.0667. The third-order valence-corrected chi connectivity index (χ3v) is 4.78. The molecule has 0 fully saturated rings. The zero-order valence-electron chi connectivity index (χ0n) is 10.5. The third kappa shape index (κ3) is 1.33. The number of nitrogens with one attached hydrogen (secondary N) is 1. The van der Waals surface area contributed by atoms with Gasteiger partial charge in [0.25, 0.3) is 5.91 Å². The van der Waals surface area contributed by atoms with E-state index in [1.165, 1.54) is 0 Å². The maximum absolute atomic E-state index is 12.6. The van der Waals surface area contributed by atoms with E-state index in [0.717, 1.165) is 20.9 Å². The van der Waals surface area contributed by atoms with Crippen molar-refractivity contribution >= 4 is 23.6 Å². The van der Waals surface area contributed by atoms with Gasteiger partial charge in [0.2, 0.25) is 0 Å². The van der Waals surface area contributed by atoms with E-state index in [1.807, 2.05) is 48.5 Å². The number of nitrogens with two attached hydrogens (primary N) is 1. The van der Waals surface area contributed by atoms with Gasteiger partial charge in [-0.3, -0.25) is 10.1 Å². The van der Waals surface area contributed by atoms with Gasteiger partial charge in [-0.2, -0.15) is 0 Å². The Labute approximate surface area is 120 Å². The van der Waals surface area contributed by atoms with Gasteiger partial charge < -0.3 is 5.73 Å². The summed E-state index contributed by atoms with van der Waals surface area (Å²) >= 11 is 1.66. The molecule has 0 saturated heterocycles. The van der Waals surface area contributed by atoms with Gasteiger partial charge in [-0.25, -0.2) is 4.99 Å². The average Bonchev–Trinajstić information content (AvgIpc) is 2.75. The lowest BCUT2D eigenvalue weighted by molar-refractivity contribution is -0.122. The van der Waals surface area contributed by atoms with Crippen molar-refractivity contribution in [3.63, 3.8) is 0 Å². The van der Waals surface area contributed by atoms with Crippen LogP contribution in [0.25, 0.3) is 0 Å². The second-order valence-corrected chi connectivity index (χ2v) is 5.84. The van der Waals surface area contributed by atoms with Crippen LogP contribution in [0.5, 0.6) is 0 Å². The smallest absolute Gasteiger partial charge is 0.264 e. The second kappa shape index (κ2) is 3.86. The Morgan fingerprint density at radius 1 is 1.00 bits per heavy atom. The molecule has 2 aromatic rings. The number of rotatable bonds is 0. The van der Waals surface area contributed by atoms with Crippen LogP contribution in [0.3, 0.4) is 0 Å². The van der Waals surface area contributed by atoms with Crippen LogP contribution in [0.15, 0.2) is 63.3 Å². The van der Waals surface area contributed by atoms with Crippen LogP contribution in [0.4, 0.5) is 0 Å². The van der Waals surface area contributed by atoms with Gasteiger partial charge in [0, 0.05) is 20.9 Å². The molecule has 2 aliphatic rings. The molecule has 2 aliphatic heterocycles. The molecule has 3 N–H and O–H groups in total. The van der Waals surface area contributed by atoms with E-state index in [0.29, 0.717) is 0 Å². The molecule has 20 heavy (non-hydrogen) atoms. The molecule has 1 amide bonds. The first-order chi connectivity index (χ1) is 9.72. The number of carbonyl (C=O) groups excluding carboxylic acids is 1. The number of benzene rings is 2. The largest absolute Gasteiger partial charge is 0.370 e. The lowest BCUT2D eigenvalue weighted by Crippen LogP contribution is -2.41. The van der Waals surface area contributed by atoms with E-state index < -0.39 is 5.54 Å².